The second-order valence-electron chi connectivity index (χ2n) is 3.75. The van der Waals surface area contributed by atoms with E-state index in [1.807, 2.05) is 0 Å². The van der Waals surface area contributed by atoms with Crippen molar-refractivity contribution in [2.45, 2.75) is 6.92 Å². The summed E-state index contributed by atoms with van der Waals surface area (Å²) < 4.78 is 5.51. The minimum absolute atomic E-state index is 0.140. The van der Waals surface area contributed by atoms with Gasteiger partial charge in [-0.05, 0) is 31.2 Å². The Morgan fingerprint density at radius 2 is 1.79 bits per heavy atom. The van der Waals surface area contributed by atoms with Gasteiger partial charge in [0, 0.05) is 15.7 Å². The highest BCUT2D eigenvalue weighted by atomic mass is 35.5. The molecule has 2 aromatic rings. The fourth-order valence-electron chi connectivity index (χ4n) is 1.41. The number of nitrogens with zero attached hydrogens (tertiary/aromatic N) is 2. The first-order chi connectivity index (χ1) is 8.94. The van der Waals surface area contributed by atoms with Gasteiger partial charge in [-0.3, -0.25) is 0 Å². The van der Waals surface area contributed by atoms with Gasteiger partial charge >= 0.3 is 6.01 Å². The first-order valence-corrected chi connectivity index (χ1v) is 6.40. The molecule has 0 fully saturated rings. The highest BCUT2D eigenvalue weighted by Crippen LogP contribution is 2.27. The first kappa shape index (κ1) is 14.0. The number of halogens is 2. The summed E-state index contributed by atoms with van der Waals surface area (Å²) in [6, 6.07) is 6.65. The van der Waals surface area contributed by atoms with Gasteiger partial charge in [-0.15, -0.1) is 0 Å². The van der Waals surface area contributed by atoms with E-state index in [2.05, 4.69) is 9.97 Å². The second-order valence-corrected chi connectivity index (χ2v) is 5.06. The maximum absolute atomic E-state index is 5.88. The molecular weight excluding hydrogens is 305 g/mol. The summed E-state index contributed by atoms with van der Waals surface area (Å²) in [5.74, 6) is 0.442. The minimum Gasteiger partial charge on any atom is -0.424 e. The van der Waals surface area contributed by atoms with Crippen molar-refractivity contribution >= 4 is 40.4 Å². The SMILES string of the molecule is Cc1cc(C(N)=S)nc(Oc2cc(Cl)cc(Cl)c2)n1. The predicted molar refractivity (Wildman–Crippen MR) is 79.2 cm³/mol. The molecule has 19 heavy (non-hydrogen) atoms. The third-order valence-electron chi connectivity index (χ3n) is 2.13. The van der Waals surface area contributed by atoms with E-state index < -0.39 is 0 Å². The normalized spacial score (nSPS) is 10.3. The third kappa shape index (κ3) is 3.76. The van der Waals surface area contributed by atoms with Gasteiger partial charge < -0.3 is 10.5 Å². The van der Waals surface area contributed by atoms with Crippen molar-refractivity contribution in [2.24, 2.45) is 5.73 Å². The Morgan fingerprint density at radius 3 is 2.37 bits per heavy atom. The van der Waals surface area contributed by atoms with Gasteiger partial charge in [-0.1, -0.05) is 35.4 Å². The summed E-state index contributed by atoms with van der Waals surface area (Å²) >= 11 is 16.6. The van der Waals surface area contributed by atoms with E-state index in [0.29, 0.717) is 27.2 Å². The maximum atomic E-state index is 5.88. The van der Waals surface area contributed by atoms with E-state index >= 15 is 0 Å². The van der Waals surface area contributed by atoms with Gasteiger partial charge in [0.2, 0.25) is 0 Å². The monoisotopic (exact) mass is 313 g/mol. The molecule has 0 saturated carbocycles. The van der Waals surface area contributed by atoms with Crippen molar-refractivity contribution in [1.29, 1.82) is 0 Å². The average molecular weight is 314 g/mol. The van der Waals surface area contributed by atoms with Crippen molar-refractivity contribution in [2.75, 3.05) is 0 Å². The molecule has 0 amide bonds. The average Bonchev–Trinajstić information content (AvgIpc) is 2.26. The molecule has 0 aliphatic carbocycles. The topological polar surface area (TPSA) is 61.0 Å². The van der Waals surface area contributed by atoms with E-state index in [1.54, 1.807) is 31.2 Å². The number of hydrogen-bond acceptors (Lipinski definition) is 4. The van der Waals surface area contributed by atoms with E-state index in [-0.39, 0.29) is 11.0 Å². The van der Waals surface area contributed by atoms with Crippen LogP contribution in [0.5, 0.6) is 11.8 Å². The van der Waals surface area contributed by atoms with Crippen LogP contribution in [0.3, 0.4) is 0 Å². The van der Waals surface area contributed by atoms with Crippen molar-refractivity contribution in [1.82, 2.24) is 9.97 Å². The van der Waals surface area contributed by atoms with Gasteiger partial charge in [0.1, 0.15) is 16.4 Å². The lowest BCUT2D eigenvalue weighted by atomic mass is 10.3. The zero-order valence-electron chi connectivity index (χ0n) is 9.85. The van der Waals surface area contributed by atoms with Gasteiger partial charge in [-0.2, -0.15) is 4.98 Å². The van der Waals surface area contributed by atoms with Gasteiger partial charge in [-0.25, -0.2) is 4.98 Å². The molecule has 1 heterocycles. The summed E-state index contributed by atoms with van der Waals surface area (Å²) in [4.78, 5) is 8.42. The molecule has 0 spiro atoms. The highest BCUT2D eigenvalue weighted by molar-refractivity contribution is 7.80. The molecule has 0 aliphatic rings. The lowest BCUT2D eigenvalue weighted by molar-refractivity contribution is 0.440. The molecule has 0 aliphatic heterocycles. The molecular formula is C12H9Cl2N3OS. The fourth-order valence-corrected chi connectivity index (χ4v) is 2.02. The van der Waals surface area contributed by atoms with Crippen molar-refractivity contribution in [3.05, 3.63) is 45.7 Å². The first-order valence-electron chi connectivity index (χ1n) is 5.23. The lowest BCUT2D eigenvalue weighted by Gasteiger charge is -2.07. The highest BCUT2D eigenvalue weighted by Gasteiger charge is 2.08. The molecule has 0 saturated heterocycles. The number of ether oxygens (including phenoxy) is 1. The van der Waals surface area contributed by atoms with E-state index in [0.717, 1.165) is 0 Å². The summed E-state index contributed by atoms with van der Waals surface area (Å²) in [7, 11) is 0. The Hall–Kier alpha value is -1.43. The van der Waals surface area contributed by atoms with E-state index in [9.17, 15) is 0 Å². The summed E-state index contributed by atoms with van der Waals surface area (Å²) in [5, 5.41) is 0.925. The molecule has 2 rings (SSSR count). The Balaban J connectivity index is 2.35. The van der Waals surface area contributed by atoms with Crippen LogP contribution in [-0.4, -0.2) is 15.0 Å². The molecule has 0 radical (unpaired) electrons. The fraction of sp³-hybridized carbons (Fsp3) is 0.0833. The number of rotatable bonds is 3. The Bertz CT molecular complexity index is 629. The molecule has 0 unspecified atom stereocenters. The van der Waals surface area contributed by atoms with Crippen molar-refractivity contribution in [3.8, 4) is 11.8 Å². The van der Waals surface area contributed by atoms with Crippen LogP contribution in [0.1, 0.15) is 11.4 Å². The van der Waals surface area contributed by atoms with E-state index in [4.69, 9.17) is 45.9 Å². The summed E-state index contributed by atoms with van der Waals surface area (Å²) in [6.07, 6.45) is 0. The van der Waals surface area contributed by atoms with Crippen LogP contribution in [0.2, 0.25) is 10.0 Å². The number of aromatic nitrogens is 2. The molecule has 1 aromatic heterocycles. The van der Waals surface area contributed by atoms with Crippen LogP contribution in [0.4, 0.5) is 0 Å². The summed E-state index contributed by atoms with van der Waals surface area (Å²) in [6.45, 7) is 1.79. The Morgan fingerprint density at radius 1 is 1.16 bits per heavy atom. The third-order valence-corrected chi connectivity index (χ3v) is 2.78. The molecule has 7 heteroatoms. The Labute approximate surface area is 125 Å². The standard InChI is InChI=1S/C12H9Cl2N3OS/c1-6-2-10(11(15)19)17-12(16-6)18-9-4-7(13)3-8(14)5-9/h2-5H,1H3,(H2,15,19). The van der Waals surface area contributed by atoms with Crippen molar-refractivity contribution < 1.29 is 4.74 Å². The minimum atomic E-state index is 0.140. The number of hydrogen-bond donors (Lipinski definition) is 1. The van der Waals surface area contributed by atoms with Crippen LogP contribution >= 0.6 is 35.4 Å². The van der Waals surface area contributed by atoms with E-state index in [1.165, 1.54) is 0 Å². The Kier molecular flexibility index (Phi) is 4.19. The predicted octanol–water partition coefficient (Wildman–Crippen LogP) is 3.52. The largest absolute Gasteiger partial charge is 0.424 e. The van der Waals surface area contributed by atoms with Crippen LogP contribution in [0, 0.1) is 6.92 Å². The molecule has 1 aromatic carbocycles. The number of nitrogens with two attached hydrogens (primary N) is 1. The molecule has 4 nitrogen and oxygen atoms in total. The summed E-state index contributed by atoms with van der Waals surface area (Å²) in [5.41, 5.74) is 6.68. The van der Waals surface area contributed by atoms with Gasteiger partial charge in [0.15, 0.2) is 0 Å². The van der Waals surface area contributed by atoms with Crippen molar-refractivity contribution in [3.63, 3.8) is 0 Å². The zero-order valence-corrected chi connectivity index (χ0v) is 12.2. The molecule has 2 N–H and O–H groups in total. The van der Waals surface area contributed by atoms with Gasteiger partial charge in [0.25, 0.3) is 0 Å². The van der Waals surface area contributed by atoms with Crippen LogP contribution in [0.15, 0.2) is 24.3 Å². The van der Waals surface area contributed by atoms with Crippen LogP contribution in [-0.2, 0) is 0 Å². The number of benzene rings is 1. The van der Waals surface area contributed by atoms with Gasteiger partial charge in [0.05, 0.1) is 0 Å². The molecule has 98 valence electrons. The molecule has 0 atom stereocenters. The quantitative estimate of drug-likeness (QED) is 0.878. The molecule has 0 bridgehead atoms. The van der Waals surface area contributed by atoms with Crippen LogP contribution in [0.25, 0.3) is 0 Å². The second kappa shape index (κ2) is 5.69. The maximum Gasteiger partial charge on any atom is 0.322 e. The smallest absolute Gasteiger partial charge is 0.322 e. The number of thiocarbonyl (C=S) groups is 1. The van der Waals surface area contributed by atoms with Crippen LogP contribution < -0.4 is 10.5 Å². The lowest BCUT2D eigenvalue weighted by Crippen LogP contribution is -2.13. The number of aryl methyl sites for hydroxylation is 1. The zero-order chi connectivity index (χ0) is 14.0.